The largest absolute Gasteiger partial charge is 0.493 e. The van der Waals surface area contributed by atoms with Gasteiger partial charge >= 0.3 is 0 Å². The third-order valence-electron chi connectivity index (χ3n) is 3.30. The van der Waals surface area contributed by atoms with Gasteiger partial charge in [0.05, 0.1) is 24.0 Å². The molecule has 2 rings (SSSR count). The molecule has 0 aliphatic carbocycles. The Morgan fingerprint density at radius 2 is 1.38 bits per heavy atom. The van der Waals surface area contributed by atoms with Crippen molar-refractivity contribution >= 4 is 9.84 Å². The molecule has 0 aromatic heterocycles. The molecular formula is C16H18O4S. The molecule has 0 unspecified atom stereocenters. The fourth-order valence-corrected chi connectivity index (χ4v) is 3.59. The zero-order valence-electron chi connectivity index (χ0n) is 12.5. The molecule has 2 aromatic rings. The van der Waals surface area contributed by atoms with Gasteiger partial charge in [-0.15, -0.1) is 0 Å². The van der Waals surface area contributed by atoms with E-state index in [-0.39, 0.29) is 9.79 Å². The molecule has 0 spiro atoms. The van der Waals surface area contributed by atoms with E-state index in [9.17, 15) is 8.42 Å². The van der Waals surface area contributed by atoms with Crippen LogP contribution < -0.4 is 9.47 Å². The van der Waals surface area contributed by atoms with Crippen LogP contribution in [0.3, 0.4) is 0 Å². The van der Waals surface area contributed by atoms with E-state index in [0.717, 1.165) is 5.56 Å². The molecule has 0 atom stereocenters. The Balaban J connectivity index is 2.62. The lowest BCUT2D eigenvalue weighted by Crippen LogP contribution is -2.05. The van der Waals surface area contributed by atoms with Gasteiger partial charge in [0, 0.05) is 6.07 Å². The van der Waals surface area contributed by atoms with Crippen LogP contribution in [0.15, 0.2) is 46.2 Å². The van der Waals surface area contributed by atoms with Crippen LogP contribution in [0.5, 0.6) is 11.5 Å². The molecule has 0 aliphatic rings. The molecule has 0 amide bonds. The van der Waals surface area contributed by atoms with Gasteiger partial charge in [0.15, 0.2) is 11.5 Å². The summed E-state index contributed by atoms with van der Waals surface area (Å²) in [5.74, 6) is 0.909. The first-order chi connectivity index (χ1) is 9.90. The van der Waals surface area contributed by atoms with Gasteiger partial charge in [-0.2, -0.15) is 0 Å². The highest BCUT2D eigenvalue weighted by Gasteiger charge is 2.22. The van der Waals surface area contributed by atoms with E-state index >= 15 is 0 Å². The fraction of sp³-hybridized carbons (Fsp3) is 0.250. The molecule has 0 N–H and O–H groups in total. The highest BCUT2D eigenvalue weighted by molar-refractivity contribution is 7.91. The molecule has 0 fully saturated rings. The van der Waals surface area contributed by atoms with Gasteiger partial charge in [0.25, 0.3) is 0 Å². The molecule has 0 aliphatic heterocycles. The Bertz CT molecular complexity index is 747. The van der Waals surface area contributed by atoms with Gasteiger partial charge in [-0.1, -0.05) is 17.7 Å². The summed E-state index contributed by atoms with van der Waals surface area (Å²) in [6.45, 7) is 3.65. The molecule has 0 saturated heterocycles. The summed E-state index contributed by atoms with van der Waals surface area (Å²) >= 11 is 0. The molecule has 0 bridgehead atoms. The number of hydrogen-bond acceptors (Lipinski definition) is 4. The highest BCUT2D eigenvalue weighted by Crippen LogP contribution is 2.34. The van der Waals surface area contributed by atoms with Gasteiger partial charge < -0.3 is 9.47 Å². The van der Waals surface area contributed by atoms with Crippen molar-refractivity contribution in [1.29, 1.82) is 0 Å². The molecule has 112 valence electrons. The molecule has 0 saturated carbocycles. The van der Waals surface area contributed by atoms with Crippen LogP contribution in [0.4, 0.5) is 0 Å². The zero-order chi connectivity index (χ0) is 15.6. The second-order valence-corrected chi connectivity index (χ2v) is 6.71. The van der Waals surface area contributed by atoms with Gasteiger partial charge in [0.2, 0.25) is 9.84 Å². The van der Waals surface area contributed by atoms with Crippen LogP contribution in [-0.2, 0) is 9.84 Å². The molecule has 21 heavy (non-hydrogen) atoms. The van der Waals surface area contributed by atoms with Crippen molar-refractivity contribution in [3.8, 4) is 11.5 Å². The quantitative estimate of drug-likeness (QED) is 0.870. The van der Waals surface area contributed by atoms with Crippen LogP contribution in [0.2, 0.25) is 0 Å². The Hall–Kier alpha value is -2.01. The van der Waals surface area contributed by atoms with E-state index in [1.807, 2.05) is 6.92 Å². The van der Waals surface area contributed by atoms with Crippen molar-refractivity contribution in [3.05, 3.63) is 47.5 Å². The van der Waals surface area contributed by atoms with E-state index in [4.69, 9.17) is 9.47 Å². The minimum atomic E-state index is -3.58. The fourth-order valence-electron chi connectivity index (χ4n) is 2.10. The van der Waals surface area contributed by atoms with Crippen molar-refractivity contribution in [3.63, 3.8) is 0 Å². The second-order valence-electron chi connectivity index (χ2n) is 4.79. The number of benzene rings is 2. The summed E-state index contributed by atoms with van der Waals surface area (Å²) in [6, 6.07) is 9.96. The van der Waals surface area contributed by atoms with Crippen LogP contribution in [0.25, 0.3) is 0 Å². The second kappa shape index (κ2) is 5.77. The SMILES string of the molecule is COc1cc(C)c(S(=O)(=O)c2ccc(C)cc2)cc1OC. The topological polar surface area (TPSA) is 52.6 Å². The smallest absolute Gasteiger partial charge is 0.206 e. The Kier molecular flexibility index (Phi) is 4.23. The third-order valence-corrected chi connectivity index (χ3v) is 5.21. The summed E-state index contributed by atoms with van der Waals surface area (Å²) in [6.07, 6.45) is 0. The maximum absolute atomic E-state index is 12.7. The van der Waals surface area contributed by atoms with Crippen molar-refractivity contribution in [2.24, 2.45) is 0 Å². The first kappa shape index (κ1) is 15.4. The number of rotatable bonds is 4. The lowest BCUT2D eigenvalue weighted by atomic mass is 10.2. The average Bonchev–Trinajstić information content (AvgIpc) is 2.47. The monoisotopic (exact) mass is 306 g/mol. The van der Waals surface area contributed by atoms with E-state index in [2.05, 4.69) is 0 Å². The molecule has 0 heterocycles. The first-order valence-corrected chi connectivity index (χ1v) is 7.93. The Labute approximate surface area is 125 Å². The Morgan fingerprint density at radius 1 is 0.857 bits per heavy atom. The minimum Gasteiger partial charge on any atom is -0.493 e. The normalized spacial score (nSPS) is 11.2. The summed E-state index contributed by atoms with van der Waals surface area (Å²) in [5, 5.41) is 0. The molecular weight excluding hydrogens is 288 g/mol. The number of methoxy groups -OCH3 is 2. The highest BCUT2D eigenvalue weighted by atomic mass is 32.2. The van der Waals surface area contributed by atoms with Crippen molar-refractivity contribution in [2.45, 2.75) is 23.6 Å². The zero-order valence-corrected chi connectivity index (χ0v) is 13.3. The van der Waals surface area contributed by atoms with Crippen molar-refractivity contribution in [2.75, 3.05) is 14.2 Å². The molecule has 4 nitrogen and oxygen atoms in total. The summed E-state index contributed by atoms with van der Waals surface area (Å²) in [4.78, 5) is 0.493. The van der Waals surface area contributed by atoms with Crippen molar-refractivity contribution in [1.82, 2.24) is 0 Å². The van der Waals surface area contributed by atoms with Gasteiger partial charge in [-0.25, -0.2) is 8.42 Å². The van der Waals surface area contributed by atoms with E-state index < -0.39 is 9.84 Å². The van der Waals surface area contributed by atoms with Crippen LogP contribution >= 0.6 is 0 Å². The summed E-state index contributed by atoms with van der Waals surface area (Å²) in [5.41, 5.74) is 1.63. The first-order valence-electron chi connectivity index (χ1n) is 6.44. The van der Waals surface area contributed by atoms with Crippen LogP contribution in [0, 0.1) is 13.8 Å². The predicted molar refractivity (Wildman–Crippen MR) is 80.9 cm³/mol. The predicted octanol–water partition coefficient (Wildman–Crippen LogP) is 3.15. The maximum Gasteiger partial charge on any atom is 0.206 e. The number of aryl methyl sites for hydroxylation is 2. The number of sulfone groups is 1. The number of ether oxygens (including phenoxy) is 2. The van der Waals surface area contributed by atoms with E-state index in [1.165, 1.54) is 20.3 Å². The summed E-state index contributed by atoms with van der Waals surface area (Å²) in [7, 11) is -0.579. The van der Waals surface area contributed by atoms with E-state index in [0.29, 0.717) is 17.1 Å². The third kappa shape index (κ3) is 2.88. The average molecular weight is 306 g/mol. The molecule has 2 aromatic carbocycles. The standard InChI is InChI=1S/C16H18O4S/c1-11-5-7-13(8-6-11)21(17,18)16-10-15(20-4)14(19-3)9-12(16)2/h5-10H,1-4H3. The lowest BCUT2D eigenvalue weighted by molar-refractivity contribution is 0.353. The van der Waals surface area contributed by atoms with Gasteiger partial charge in [0.1, 0.15) is 0 Å². The lowest BCUT2D eigenvalue weighted by Gasteiger charge is -2.13. The summed E-state index contributed by atoms with van der Waals surface area (Å²) < 4.78 is 35.9. The van der Waals surface area contributed by atoms with Gasteiger partial charge in [-0.05, 0) is 37.6 Å². The van der Waals surface area contributed by atoms with Crippen molar-refractivity contribution < 1.29 is 17.9 Å². The maximum atomic E-state index is 12.7. The molecule has 0 radical (unpaired) electrons. The van der Waals surface area contributed by atoms with E-state index in [1.54, 1.807) is 37.3 Å². The van der Waals surface area contributed by atoms with Crippen LogP contribution in [0.1, 0.15) is 11.1 Å². The van der Waals surface area contributed by atoms with Crippen LogP contribution in [-0.4, -0.2) is 22.6 Å². The van der Waals surface area contributed by atoms with Gasteiger partial charge in [-0.3, -0.25) is 0 Å². The minimum absolute atomic E-state index is 0.226. The molecule has 5 heteroatoms. The number of hydrogen-bond donors (Lipinski definition) is 0. The Morgan fingerprint density at radius 3 is 1.90 bits per heavy atom.